The van der Waals surface area contributed by atoms with E-state index >= 15 is 0 Å². The van der Waals surface area contributed by atoms with Crippen LogP contribution in [0.1, 0.15) is 47.0 Å². The summed E-state index contributed by atoms with van der Waals surface area (Å²) in [5.41, 5.74) is 6.10. The molecule has 38 heavy (non-hydrogen) atoms. The molecule has 194 valence electrons. The van der Waals surface area contributed by atoms with E-state index in [0.717, 1.165) is 71.2 Å². The Balaban J connectivity index is 1.26. The molecular formula is C30H31N5OS2. The van der Waals surface area contributed by atoms with E-state index in [1.807, 2.05) is 43.4 Å². The minimum absolute atomic E-state index is 0.446. The summed E-state index contributed by atoms with van der Waals surface area (Å²) < 4.78 is 9.84. The fourth-order valence-electron chi connectivity index (χ4n) is 4.82. The topological polar surface area (TPSA) is 67.9 Å². The van der Waals surface area contributed by atoms with Crippen LogP contribution in [-0.4, -0.2) is 37.7 Å². The van der Waals surface area contributed by atoms with Gasteiger partial charge >= 0.3 is 0 Å². The van der Waals surface area contributed by atoms with Crippen molar-refractivity contribution >= 4 is 28.6 Å². The molecule has 4 aromatic rings. The maximum Gasteiger partial charge on any atom is 0.143 e. The number of piperidine rings is 1. The van der Waals surface area contributed by atoms with Gasteiger partial charge in [0, 0.05) is 36.4 Å². The van der Waals surface area contributed by atoms with Crippen molar-refractivity contribution in [1.29, 1.82) is 0 Å². The molecule has 0 bridgehead atoms. The zero-order valence-electron chi connectivity index (χ0n) is 21.7. The van der Waals surface area contributed by atoms with Crippen molar-refractivity contribution in [3.8, 4) is 22.5 Å². The first kappa shape index (κ1) is 26.0. The molecule has 1 aliphatic rings. The van der Waals surface area contributed by atoms with E-state index in [0.29, 0.717) is 5.92 Å². The van der Waals surface area contributed by atoms with Gasteiger partial charge in [0.25, 0.3) is 0 Å². The molecule has 3 aromatic heterocycles. The minimum Gasteiger partial charge on any atom is -0.371 e. The quantitative estimate of drug-likeness (QED) is 0.202. The van der Waals surface area contributed by atoms with Crippen LogP contribution in [0, 0.1) is 6.92 Å². The molecular weight excluding hydrogens is 510 g/mol. The van der Waals surface area contributed by atoms with Crippen LogP contribution in [0.4, 0.5) is 0 Å². The minimum atomic E-state index is 0.446. The first-order chi connectivity index (χ1) is 18.7. The summed E-state index contributed by atoms with van der Waals surface area (Å²) in [6.45, 7) is 9.73. The second-order valence-corrected chi connectivity index (χ2v) is 10.8. The van der Waals surface area contributed by atoms with Gasteiger partial charge in [-0.2, -0.15) is 0 Å². The monoisotopic (exact) mass is 541 g/mol. The van der Waals surface area contributed by atoms with E-state index in [2.05, 4.69) is 62.8 Å². The number of aromatic nitrogens is 4. The summed E-state index contributed by atoms with van der Waals surface area (Å²) in [5, 5.41) is 12.1. The number of rotatable bonds is 9. The number of thiazole rings is 1. The third kappa shape index (κ3) is 5.61. The van der Waals surface area contributed by atoms with E-state index in [9.17, 15) is 0 Å². The molecule has 0 atom stereocenters. The van der Waals surface area contributed by atoms with Crippen molar-refractivity contribution in [2.75, 3.05) is 13.1 Å². The van der Waals surface area contributed by atoms with Crippen LogP contribution in [0.2, 0.25) is 0 Å². The van der Waals surface area contributed by atoms with Crippen LogP contribution < -0.4 is 0 Å². The van der Waals surface area contributed by atoms with Gasteiger partial charge in [-0.15, -0.1) is 16.4 Å². The second-order valence-electron chi connectivity index (χ2n) is 9.14. The Hall–Kier alpha value is -3.62. The standard InChI is InChI=1S/C30H31N5OS2/c1-4-6-7-8-12-15-24-29(38-34-32-24)26(5-2)35-18-16-23(17-19-35)30-31-25(20-37-30)27-21(3)36-33-28(27)22-13-10-9-11-14-22/h4-14,20,23H,1,15-19H2,2-3H3/b7-6-,12-8-,26-5+. The summed E-state index contributed by atoms with van der Waals surface area (Å²) in [7, 11) is 0. The molecule has 0 aliphatic carbocycles. The molecule has 5 rings (SSSR count). The van der Waals surface area contributed by atoms with Crippen molar-refractivity contribution in [2.45, 2.75) is 39.0 Å². The predicted molar refractivity (Wildman–Crippen MR) is 157 cm³/mol. The predicted octanol–water partition coefficient (Wildman–Crippen LogP) is 7.71. The van der Waals surface area contributed by atoms with Crippen molar-refractivity contribution in [2.24, 2.45) is 0 Å². The number of hydrogen-bond donors (Lipinski definition) is 0. The SMILES string of the molecule is C=C/C=C\C=C/Cc1nnsc1/C(=C\C)N1CCC(c2nc(-c3c(-c4ccccc4)noc3C)cs2)CC1. The molecule has 0 spiro atoms. The summed E-state index contributed by atoms with van der Waals surface area (Å²) in [6, 6.07) is 10.2. The highest BCUT2D eigenvalue weighted by Gasteiger charge is 2.27. The molecule has 1 aromatic carbocycles. The average molecular weight is 542 g/mol. The van der Waals surface area contributed by atoms with Gasteiger partial charge in [-0.1, -0.05) is 83.0 Å². The van der Waals surface area contributed by atoms with E-state index in [-0.39, 0.29) is 0 Å². The van der Waals surface area contributed by atoms with Gasteiger partial charge in [0.1, 0.15) is 11.5 Å². The maximum absolute atomic E-state index is 5.58. The Morgan fingerprint density at radius 3 is 2.74 bits per heavy atom. The normalized spacial score (nSPS) is 15.2. The van der Waals surface area contributed by atoms with Crippen LogP contribution in [0.25, 0.3) is 28.2 Å². The molecule has 1 fully saturated rings. The lowest BCUT2D eigenvalue weighted by atomic mass is 9.96. The number of hydrogen-bond acceptors (Lipinski definition) is 8. The number of nitrogens with zero attached hydrogens (tertiary/aromatic N) is 5. The Morgan fingerprint density at radius 1 is 1.16 bits per heavy atom. The van der Waals surface area contributed by atoms with Gasteiger partial charge in [-0.25, -0.2) is 4.98 Å². The van der Waals surface area contributed by atoms with Crippen LogP contribution in [0.15, 0.2) is 83.3 Å². The first-order valence-corrected chi connectivity index (χ1v) is 14.5. The number of allylic oxidation sites excluding steroid dienone is 6. The smallest absolute Gasteiger partial charge is 0.143 e. The summed E-state index contributed by atoms with van der Waals surface area (Å²) in [5.74, 6) is 1.25. The lowest BCUT2D eigenvalue weighted by molar-refractivity contribution is 0.298. The lowest BCUT2D eigenvalue weighted by Crippen LogP contribution is -2.31. The fraction of sp³-hybridized carbons (Fsp3) is 0.267. The zero-order valence-corrected chi connectivity index (χ0v) is 23.3. The Kier molecular flexibility index (Phi) is 8.41. The van der Waals surface area contributed by atoms with Crippen molar-refractivity contribution in [3.05, 3.63) is 100 Å². The number of likely N-dealkylation sites (tertiary alicyclic amines) is 1. The van der Waals surface area contributed by atoms with Gasteiger partial charge < -0.3 is 9.42 Å². The molecule has 0 N–H and O–H groups in total. The summed E-state index contributed by atoms with van der Waals surface area (Å²) in [6.07, 6.45) is 14.9. The molecule has 0 saturated carbocycles. The van der Waals surface area contributed by atoms with E-state index < -0.39 is 0 Å². The van der Waals surface area contributed by atoms with Gasteiger partial charge in [0.05, 0.1) is 32.5 Å². The van der Waals surface area contributed by atoms with Gasteiger partial charge in [-0.3, -0.25) is 0 Å². The van der Waals surface area contributed by atoms with Crippen molar-refractivity contribution in [3.63, 3.8) is 0 Å². The first-order valence-electron chi connectivity index (χ1n) is 12.8. The Labute approximate surface area is 231 Å². The third-order valence-electron chi connectivity index (χ3n) is 6.74. The van der Waals surface area contributed by atoms with Gasteiger partial charge in [0.15, 0.2) is 0 Å². The van der Waals surface area contributed by atoms with Crippen LogP contribution in [0.3, 0.4) is 0 Å². The van der Waals surface area contributed by atoms with E-state index in [1.54, 1.807) is 17.4 Å². The number of benzene rings is 1. The molecule has 4 heterocycles. The lowest BCUT2D eigenvalue weighted by Gasteiger charge is -2.34. The van der Waals surface area contributed by atoms with Crippen molar-refractivity contribution in [1.82, 2.24) is 24.6 Å². The maximum atomic E-state index is 5.58. The molecule has 6 nitrogen and oxygen atoms in total. The zero-order chi connectivity index (χ0) is 26.3. The van der Waals surface area contributed by atoms with Gasteiger partial charge in [-0.05, 0) is 38.2 Å². The molecule has 1 saturated heterocycles. The highest BCUT2D eigenvalue weighted by atomic mass is 32.1. The number of aryl methyl sites for hydroxylation is 1. The highest BCUT2D eigenvalue weighted by molar-refractivity contribution is 7.10. The second kappa shape index (κ2) is 12.3. The highest BCUT2D eigenvalue weighted by Crippen LogP contribution is 2.39. The fourth-order valence-corrected chi connectivity index (χ4v) is 6.59. The van der Waals surface area contributed by atoms with Crippen molar-refractivity contribution < 1.29 is 4.52 Å². The van der Waals surface area contributed by atoms with Crippen LogP contribution in [-0.2, 0) is 6.42 Å². The van der Waals surface area contributed by atoms with E-state index in [4.69, 9.17) is 9.51 Å². The molecule has 8 heteroatoms. The Morgan fingerprint density at radius 2 is 1.97 bits per heavy atom. The Bertz CT molecular complexity index is 1450. The summed E-state index contributed by atoms with van der Waals surface area (Å²) in [4.78, 5) is 8.72. The molecule has 0 unspecified atom stereocenters. The van der Waals surface area contributed by atoms with Gasteiger partial charge in [0.2, 0.25) is 0 Å². The summed E-state index contributed by atoms with van der Waals surface area (Å²) >= 11 is 3.23. The van der Waals surface area contributed by atoms with E-state index in [1.165, 1.54) is 22.2 Å². The molecule has 0 amide bonds. The molecule has 0 radical (unpaired) electrons. The average Bonchev–Trinajstić information content (AvgIpc) is 3.70. The third-order valence-corrected chi connectivity index (χ3v) is 8.54. The largest absolute Gasteiger partial charge is 0.371 e. The van der Waals surface area contributed by atoms with Crippen LogP contribution >= 0.6 is 22.9 Å². The van der Waals surface area contributed by atoms with Crippen LogP contribution in [0.5, 0.6) is 0 Å². The molecule has 1 aliphatic heterocycles.